The van der Waals surface area contributed by atoms with E-state index in [1.54, 1.807) is 6.92 Å². The largest absolute Gasteiger partial charge is 0.349 e. The summed E-state index contributed by atoms with van der Waals surface area (Å²) in [6.07, 6.45) is 2.38. The van der Waals surface area contributed by atoms with Gasteiger partial charge in [-0.3, -0.25) is 19.6 Å². The predicted octanol–water partition coefficient (Wildman–Crippen LogP) is 3.07. The number of hydrogen-bond acceptors (Lipinski definition) is 4. The molecule has 0 bridgehead atoms. The van der Waals surface area contributed by atoms with E-state index in [1.807, 2.05) is 38.1 Å². The second kappa shape index (κ2) is 7.72. The van der Waals surface area contributed by atoms with Gasteiger partial charge in [-0.25, -0.2) is 0 Å². The standard InChI is InChI=1S/C17H22N4O3/c1-4-15(14-7-5-12(2)6-8-14)18-17(22)9-10-20-11-16(21(23)24)13(3)19-20/h5-8,11,15H,4,9-10H2,1-3H3,(H,18,22). The molecule has 1 aromatic heterocycles. The van der Waals surface area contributed by atoms with Crippen molar-refractivity contribution in [3.05, 3.63) is 57.4 Å². The van der Waals surface area contributed by atoms with E-state index in [9.17, 15) is 14.9 Å². The Kier molecular flexibility index (Phi) is 5.68. The molecule has 0 radical (unpaired) electrons. The summed E-state index contributed by atoms with van der Waals surface area (Å²) in [6, 6.07) is 8.05. The van der Waals surface area contributed by atoms with Crippen LogP contribution in [0.15, 0.2) is 30.5 Å². The van der Waals surface area contributed by atoms with Crippen molar-refractivity contribution in [3.63, 3.8) is 0 Å². The van der Waals surface area contributed by atoms with E-state index in [4.69, 9.17) is 0 Å². The summed E-state index contributed by atoms with van der Waals surface area (Å²) < 4.78 is 1.44. The highest BCUT2D eigenvalue weighted by Gasteiger charge is 2.17. The number of nitro groups is 1. The number of aryl methyl sites for hydroxylation is 3. The fourth-order valence-corrected chi connectivity index (χ4v) is 2.50. The first-order valence-electron chi connectivity index (χ1n) is 7.95. The molecule has 1 amide bonds. The van der Waals surface area contributed by atoms with Gasteiger partial charge in [-0.05, 0) is 25.8 Å². The Morgan fingerprint density at radius 2 is 2.00 bits per heavy atom. The van der Waals surface area contributed by atoms with E-state index in [-0.39, 0.29) is 24.1 Å². The third kappa shape index (κ3) is 4.41. The van der Waals surface area contributed by atoms with Crippen molar-refractivity contribution in [2.45, 2.75) is 46.2 Å². The maximum absolute atomic E-state index is 12.2. The number of amides is 1. The number of aromatic nitrogens is 2. The van der Waals surface area contributed by atoms with Crippen molar-refractivity contribution >= 4 is 11.6 Å². The minimum Gasteiger partial charge on any atom is -0.349 e. The number of carbonyl (C=O) groups is 1. The molecule has 1 unspecified atom stereocenters. The van der Waals surface area contributed by atoms with Crippen LogP contribution in [0.4, 0.5) is 5.69 Å². The summed E-state index contributed by atoms with van der Waals surface area (Å²) in [5.74, 6) is -0.0989. The van der Waals surface area contributed by atoms with Crippen LogP contribution in [-0.4, -0.2) is 20.6 Å². The monoisotopic (exact) mass is 330 g/mol. The Bertz CT molecular complexity index is 722. The molecule has 0 saturated carbocycles. The first-order valence-corrected chi connectivity index (χ1v) is 7.95. The number of nitrogens with one attached hydrogen (secondary N) is 1. The fraction of sp³-hybridized carbons (Fsp3) is 0.412. The zero-order valence-electron chi connectivity index (χ0n) is 14.2. The lowest BCUT2D eigenvalue weighted by molar-refractivity contribution is -0.385. The molecule has 7 heteroatoms. The second-order valence-corrected chi connectivity index (χ2v) is 5.81. The van der Waals surface area contributed by atoms with Crippen molar-refractivity contribution < 1.29 is 9.72 Å². The molecule has 0 aliphatic rings. The van der Waals surface area contributed by atoms with Crippen LogP contribution in [0.5, 0.6) is 0 Å². The minimum absolute atomic E-state index is 0.0264. The molecule has 2 rings (SSSR count). The Labute approximate surface area is 140 Å². The molecule has 0 fully saturated rings. The van der Waals surface area contributed by atoms with Gasteiger partial charge in [0.25, 0.3) is 0 Å². The molecule has 24 heavy (non-hydrogen) atoms. The van der Waals surface area contributed by atoms with Gasteiger partial charge in [-0.1, -0.05) is 36.8 Å². The molecule has 0 aliphatic carbocycles. The van der Waals surface area contributed by atoms with Gasteiger partial charge in [0.1, 0.15) is 11.9 Å². The molecule has 2 aromatic rings. The van der Waals surface area contributed by atoms with E-state index in [0.717, 1.165) is 12.0 Å². The summed E-state index contributed by atoms with van der Waals surface area (Å²) in [5.41, 5.74) is 2.57. The van der Waals surface area contributed by atoms with Gasteiger partial charge in [-0.15, -0.1) is 0 Å². The van der Waals surface area contributed by atoms with Crippen LogP contribution in [0.2, 0.25) is 0 Å². The molecule has 0 saturated heterocycles. The zero-order valence-corrected chi connectivity index (χ0v) is 14.2. The molecule has 0 spiro atoms. The van der Waals surface area contributed by atoms with Crippen LogP contribution in [0.25, 0.3) is 0 Å². The summed E-state index contributed by atoms with van der Waals surface area (Å²) in [4.78, 5) is 22.5. The van der Waals surface area contributed by atoms with E-state index in [0.29, 0.717) is 12.2 Å². The topological polar surface area (TPSA) is 90.1 Å². The molecular weight excluding hydrogens is 308 g/mol. The third-order valence-corrected chi connectivity index (χ3v) is 3.91. The quantitative estimate of drug-likeness (QED) is 0.624. The van der Waals surface area contributed by atoms with Crippen molar-refractivity contribution in [1.29, 1.82) is 0 Å². The molecule has 128 valence electrons. The molecule has 1 heterocycles. The van der Waals surface area contributed by atoms with Crippen LogP contribution in [0.3, 0.4) is 0 Å². The van der Waals surface area contributed by atoms with Crippen LogP contribution in [0.1, 0.15) is 42.6 Å². The van der Waals surface area contributed by atoms with Gasteiger partial charge in [0.2, 0.25) is 5.91 Å². The lowest BCUT2D eigenvalue weighted by Gasteiger charge is -2.17. The SMILES string of the molecule is CCC(NC(=O)CCn1cc([N+](=O)[O-])c(C)n1)c1ccc(C)cc1. The number of benzene rings is 1. The van der Waals surface area contributed by atoms with Gasteiger partial charge in [0.15, 0.2) is 0 Å². The van der Waals surface area contributed by atoms with Crippen molar-refractivity contribution in [3.8, 4) is 0 Å². The molecule has 1 aromatic carbocycles. The Morgan fingerprint density at radius 3 is 2.54 bits per heavy atom. The molecule has 0 aliphatic heterocycles. The fourth-order valence-electron chi connectivity index (χ4n) is 2.50. The van der Waals surface area contributed by atoms with E-state index in [1.165, 1.54) is 16.4 Å². The lowest BCUT2D eigenvalue weighted by Crippen LogP contribution is -2.28. The highest BCUT2D eigenvalue weighted by molar-refractivity contribution is 5.76. The van der Waals surface area contributed by atoms with Crippen molar-refractivity contribution in [2.24, 2.45) is 0 Å². The molecule has 1 N–H and O–H groups in total. The molecular formula is C17H22N4O3. The summed E-state index contributed by atoms with van der Waals surface area (Å²) >= 11 is 0. The predicted molar refractivity (Wildman–Crippen MR) is 90.6 cm³/mol. The summed E-state index contributed by atoms with van der Waals surface area (Å²) in [5, 5.41) is 17.9. The maximum Gasteiger partial charge on any atom is 0.309 e. The second-order valence-electron chi connectivity index (χ2n) is 5.81. The number of hydrogen-bond donors (Lipinski definition) is 1. The van der Waals surface area contributed by atoms with Gasteiger partial charge in [0.05, 0.1) is 11.0 Å². The van der Waals surface area contributed by atoms with E-state index in [2.05, 4.69) is 10.4 Å². The first kappa shape index (κ1) is 17.7. The zero-order chi connectivity index (χ0) is 17.7. The summed E-state index contributed by atoms with van der Waals surface area (Å²) in [6.45, 7) is 5.93. The highest BCUT2D eigenvalue weighted by Crippen LogP contribution is 2.18. The Balaban J connectivity index is 1.93. The Morgan fingerprint density at radius 1 is 1.33 bits per heavy atom. The third-order valence-electron chi connectivity index (χ3n) is 3.91. The van der Waals surface area contributed by atoms with Crippen molar-refractivity contribution in [1.82, 2.24) is 15.1 Å². The number of carbonyl (C=O) groups excluding carboxylic acids is 1. The van der Waals surface area contributed by atoms with E-state index >= 15 is 0 Å². The first-order chi connectivity index (χ1) is 11.4. The van der Waals surface area contributed by atoms with Crippen LogP contribution in [0, 0.1) is 24.0 Å². The average Bonchev–Trinajstić information content (AvgIpc) is 2.93. The number of nitrogens with zero attached hydrogens (tertiary/aromatic N) is 3. The summed E-state index contributed by atoms with van der Waals surface area (Å²) in [7, 11) is 0. The van der Waals surface area contributed by atoms with Gasteiger partial charge in [0, 0.05) is 13.0 Å². The highest BCUT2D eigenvalue weighted by atomic mass is 16.6. The molecule has 1 atom stereocenters. The van der Waals surface area contributed by atoms with Crippen LogP contribution in [-0.2, 0) is 11.3 Å². The van der Waals surface area contributed by atoms with Gasteiger partial charge < -0.3 is 5.32 Å². The van der Waals surface area contributed by atoms with Gasteiger partial charge >= 0.3 is 5.69 Å². The van der Waals surface area contributed by atoms with Crippen LogP contribution < -0.4 is 5.32 Å². The van der Waals surface area contributed by atoms with Crippen LogP contribution >= 0.6 is 0 Å². The normalized spacial score (nSPS) is 12.0. The van der Waals surface area contributed by atoms with E-state index < -0.39 is 4.92 Å². The van der Waals surface area contributed by atoms with Crippen molar-refractivity contribution in [2.75, 3.05) is 0 Å². The smallest absolute Gasteiger partial charge is 0.309 e. The lowest BCUT2D eigenvalue weighted by atomic mass is 10.0. The maximum atomic E-state index is 12.2. The minimum atomic E-state index is -0.469. The average molecular weight is 330 g/mol. The molecule has 7 nitrogen and oxygen atoms in total. The Hall–Kier alpha value is -2.70. The van der Waals surface area contributed by atoms with Gasteiger partial charge in [-0.2, -0.15) is 5.10 Å². The number of rotatable bonds is 7.